The summed E-state index contributed by atoms with van der Waals surface area (Å²) in [5.74, 6) is -0.887. The molecule has 1 heterocycles. The second-order valence-corrected chi connectivity index (χ2v) is 5.15. The summed E-state index contributed by atoms with van der Waals surface area (Å²) in [4.78, 5) is 25.7. The lowest BCUT2D eigenvalue weighted by molar-refractivity contribution is -0.390. The number of ether oxygens (including phenoxy) is 1. The fraction of sp³-hybridized carbons (Fsp3) is 0.200. The van der Waals surface area contributed by atoms with Gasteiger partial charge in [-0.25, -0.2) is 0 Å². The van der Waals surface area contributed by atoms with Gasteiger partial charge in [-0.15, -0.1) is 0 Å². The molecule has 23 heavy (non-hydrogen) atoms. The van der Waals surface area contributed by atoms with Gasteiger partial charge in [0.1, 0.15) is 6.20 Å². The fourth-order valence-corrected chi connectivity index (χ4v) is 2.12. The number of carbonyl (C=O) groups is 1. The molecule has 8 heteroatoms. The van der Waals surface area contributed by atoms with Crippen molar-refractivity contribution < 1.29 is 14.5 Å². The van der Waals surface area contributed by atoms with Crippen LogP contribution in [0.15, 0.2) is 42.6 Å². The molecule has 1 N–H and O–H groups in total. The van der Waals surface area contributed by atoms with Crippen molar-refractivity contribution in [3.8, 4) is 5.75 Å². The van der Waals surface area contributed by atoms with E-state index >= 15 is 0 Å². The minimum Gasteiger partial charge on any atom is -0.476 e. The lowest BCUT2D eigenvalue weighted by atomic mass is 10.1. The zero-order chi connectivity index (χ0) is 16.8. The molecule has 2 rings (SSSR count). The van der Waals surface area contributed by atoms with Gasteiger partial charge in [-0.05, 0) is 46.7 Å². The van der Waals surface area contributed by atoms with Crippen LogP contribution in [0.3, 0.4) is 0 Å². The van der Waals surface area contributed by atoms with E-state index in [-0.39, 0.29) is 18.4 Å². The average Bonchev–Trinajstić information content (AvgIpc) is 2.53. The largest absolute Gasteiger partial charge is 0.476 e. The Balaban J connectivity index is 1.94. The number of nitro groups is 1. The van der Waals surface area contributed by atoms with Gasteiger partial charge in [0.2, 0.25) is 5.75 Å². The van der Waals surface area contributed by atoms with Gasteiger partial charge in [-0.3, -0.25) is 4.79 Å². The first-order valence-electron chi connectivity index (χ1n) is 6.74. The van der Waals surface area contributed by atoms with Gasteiger partial charge in [0.15, 0.2) is 6.61 Å². The van der Waals surface area contributed by atoms with Crippen molar-refractivity contribution >= 4 is 23.3 Å². The number of halogens is 1. The van der Waals surface area contributed by atoms with Crippen molar-refractivity contribution in [2.75, 3.05) is 6.61 Å². The predicted molar refractivity (Wildman–Crippen MR) is 84.4 cm³/mol. The molecule has 0 fully saturated rings. The minimum absolute atomic E-state index is 0.0527. The Morgan fingerprint density at radius 3 is 2.91 bits per heavy atom. The number of hydrogen-bond donors (Lipinski definition) is 1. The molecule has 0 spiro atoms. The van der Waals surface area contributed by atoms with Gasteiger partial charge in [0.05, 0.1) is 6.04 Å². The molecule has 1 aromatic carbocycles. The summed E-state index contributed by atoms with van der Waals surface area (Å²) in [6, 6.07) is 9.73. The maximum atomic E-state index is 11.9. The normalized spacial score (nSPS) is 11.6. The van der Waals surface area contributed by atoms with Crippen LogP contribution in [0.5, 0.6) is 5.75 Å². The first-order valence-corrected chi connectivity index (χ1v) is 7.12. The zero-order valence-electron chi connectivity index (χ0n) is 12.2. The molecule has 7 nitrogen and oxygen atoms in total. The summed E-state index contributed by atoms with van der Waals surface area (Å²) < 4.78 is 5.18. The topological polar surface area (TPSA) is 94.4 Å². The summed E-state index contributed by atoms with van der Waals surface area (Å²) in [6.45, 7) is 1.45. The van der Waals surface area contributed by atoms with Crippen LogP contribution in [-0.4, -0.2) is 22.4 Å². The van der Waals surface area contributed by atoms with Crippen molar-refractivity contribution in [1.82, 2.24) is 10.3 Å². The number of rotatable bonds is 6. The number of carbonyl (C=O) groups excluding carboxylic acids is 1. The zero-order valence-corrected chi connectivity index (χ0v) is 13.0. The van der Waals surface area contributed by atoms with Gasteiger partial charge >= 0.3 is 5.82 Å². The number of benzene rings is 1. The molecular weight excluding hydrogens is 322 g/mol. The lowest BCUT2D eigenvalue weighted by Crippen LogP contribution is -2.31. The molecule has 120 valence electrons. The first kappa shape index (κ1) is 16.7. The highest BCUT2D eigenvalue weighted by Crippen LogP contribution is 2.22. The molecule has 1 aromatic heterocycles. The van der Waals surface area contributed by atoms with Crippen LogP contribution in [0, 0.1) is 10.1 Å². The van der Waals surface area contributed by atoms with Crippen LogP contribution in [0.1, 0.15) is 18.5 Å². The SMILES string of the molecule is CC(NC(=O)COc1cccnc1[N+](=O)[O-])c1cccc(Cl)c1. The van der Waals surface area contributed by atoms with E-state index in [1.165, 1.54) is 18.3 Å². The molecule has 0 aliphatic rings. The molecular formula is C15H14ClN3O4. The smallest absolute Gasteiger partial charge is 0.406 e. The maximum absolute atomic E-state index is 11.9. The van der Waals surface area contributed by atoms with E-state index in [0.717, 1.165) is 5.56 Å². The highest BCUT2D eigenvalue weighted by atomic mass is 35.5. The van der Waals surface area contributed by atoms with Crippen molar-refractivity contribution in [3.05, 3.63) is 63.3 Å². The summed E-state index contributed by atoms with van der Waals surface area (Å²) in [6.07, 6.45) is 1.28. The number of hydrogen-bond acceptors (Lipinski definition) is 5. The van der Waals surface area contributed by atoms with Crippen LogP contribution in [-0.2, 0) is 4.79 Å². The number of amides is 1. The van der Waals surface area contributed by atoms with Crippen LogP contribution >= 0.6 is 11.6 Å². The van der Waals surface area contributed by atoms with E-state index in [1.54, 1.807) is 25.1 Å². The quantitative estimate of drug-likeness (QED) is 0.647. The Hall–Kier alpha value is -2.67. The maximum Gasteiger partial charge on any atom is 0.406 e. The van der Waals surface area contributed by atoms with Gasteiger partial charge in [0.25, 0.3) is 5.91 Å². The Morgan fingerprint density at radius 1 is 1.43 bits per heavy atom. The van der Waals surface area contributed by atoms with Crippen LogP contribution in [0.2, 0.25) is 5.02 Å². The lowest BCUT2D eigenvalue weighted by Gasteiger charge is -2.15. The van der Waals surface area contributed by atoms with E-state index in [9.17, 15) is 14.9 Å². The Morgan fingerprint density at radius 2 is 2.22 bits per heavy atom. The van der Waals surface area contributed by atoms with Gasteiger partial charge < -0.3 is 20.2 Å². The standard InChI is InChI=1S/C15H14ClN3O4/c1-10(11-4-2-5-12(16)8-11)18-14(20)9-23-13-6-3-7-17-15(13)19(21)22/h2-8,10H,9H2,1H3,(H,18,20). The highest BCUT2D eigenvalue weighted by Gasteiger charge is 2.17. The molecule has 0 radical (unpaired) electrons. The first-order chi connectivity index (χ1) is 11.0. The third-order valence-corrected chi connectivity index (χ3v) is 3.24. The molecule has 2 aromatic rings. The van der Waals surface area contributed by atoms with Crippen molar-refractivity contribution in [1.29, 1.82) is 0 Å². The molecule has 0 aliphatic carbocycles. The summed E-state index contributed by atoms with van der Waals surface area (Å²) in [7, 11) is 0. The van der Waals surface area contributed by atoms with Crippen LogP contribution in [0.25, 0.3) is 0 Å². The summed E-state index contributed by atoms with van der Waals surface area (Å²) >= 11 is 5.91. The average molecular weight is 336 g/mol. The van der Waals surface area contributed by atoms with Gasteiger partial charge in [-0.2, -0.15) is 0 Å². The molecule has 1 amide bonds. The van der Waals surface area contributed by atoms with Gasteiger partial charge in [-0.1, -0.05) is 23.7 Å². The van der Waals surface area contributed by atoms with Gasteiger partial charge in [0, 0.05) is 5.02 Å². The molecule has 1 atom stereocenters. The third-order valence-electron chi connectivity index (χ3n) is 3.01. The van der Waals surface area contributed by atoms with Crippen LogP contribution < -0.4 is 10.1 Å². The van der Waals surface area contributed by atoms with E-state index in [2.05, 4.69) is 10.3 Å². The number of pyridine rings is 1. The Kier molecular flexibility index (Phi) is 5.48. The molecule has 1 unspecified atom stereocenters. The molecule has 0 saturated carbocycles. The van der Waals surface area contributed by atoms with Crippen molar-refractivity contribution in [2.24, 2.45) is 0 Å². The number of aromatic nitrogens is 1. The van der Waals surface area contributed by atoms with E-state index in [1.807, 2.05) is 6.07 Å². The Bertz CT molecular complexity index is 723. The molecule has 0 saturated heterocycles. The molecule has 0 bridgehead atoms. The summed E-state index contributed by atoms with van der Waals surface area (Å²) in [5.41, 5.74) is 0.846. The fourth-order valence-electron chi connectivity index (χ4n) is 1.92. The van der Waals surface area contributed by atoms with Crippen LogP contribution in [0.4, 0.5) is 5.82 Å². The molecule has 0 aliphatic heterocycles. The second-order valence-electron chi connectivity index (χ2n) is 4.72. The Labute approximate surface area is 137 Å². The monoisotopic (exact) mass is 335 g/mol. The second kappa shape index (κ2) is 7.55. The number of nitrogens with one attached hydrogen (secondary N) is 1. The van der Waals surface area contributed by atoms with Crippen molar-refractivity contribution in [2.45, 2.75) is 13.0 Å². The number of nitrogens with zero attached hydrogens (tertiary/aromatic N) is 2. The summed E-state index contributed by atoms with van der Waals surface area (Å²) in [5, 5.41) is 14.1. The van der Waals surface area contributed by atoms with E-state index < -0.39 is 16.6 Å². The van der Waals surface area contributed by atoms with E-state index in [0.29, 0.717) is 5.02 Å². The van der Waals surface area contributed by atoms with Crippen molar-refractivity contribution in [3.63, 3.8) is 0 Å². The predicted octanol–water partition coefficient (Wildman–Crippen LogP) is 2.90. The highest BCUT2D eigenvalue weighted by molar-refractivity contribution is 6.30. The minimum atomic E-state index is -0.665. The van der Waals surface area contributed by atoms with E-state index in [4.69, 9.17) is 16.3 Å². The third kappa shape index (κ3) is 4.65.